The number of rotatable bonds is 9. The molecule has 0 atom stereocenters. The number of aliphatic hydroxyl groups excluding tert-OH is 1. The summed E-state index contributed by atoms with van der Waals surface area (Å²) in [6.45, 7) is 0.0257. The van der Waals surface area contributed by atoms with E-state index in [2.05, 4.69) is 25.4 Å². The standard InChI is InChI=1S/C17H19N5O5S/c23-11-13-9-16(21-20-13)28(25,26)19-8-4-7-18-17(24)14-10-15(27-22-14)12-5-2-1-3-6-12/h1-3,5-6,9-10,19,23H,4,7-8,11H2,(H,18,24)(H,20,21). The van der Waals surface area contributed by atoms with Crippen LogP contribution in [0.25, 0.3) is 11.3 Å². The first-order valence-corrected chi connectivity index (χ1v) is 9.93. The Labute approximate surface area is 161 Å². The van der Waals surface area contributed by atoms with Crippen LogP contribution >= 0.6 is 0 Å². The highest BCUT2D eigenvalue weighted by Crippen LogP contribution is 2.19. The molecule has 0 unspecified atom stereocenters. The zero-order valence-corrected chi connectivity index (χ0v) is 15.6. The molecule has 1 aromatic carbocycles. The Hall–Kier alpha value is -3.02. The lowest BCUT2D eigenvalue weighted by molar-refractivity contribution is 0.0944. The average molecular weight is 405 g/mol. The van der Waals surface area contributed by atoms with Crippen LogP contribution in [0, 0.1) is 0 Å². The van der Waals surface area contributed by atoms with Crippen molar-refractivity contribution >= 4 is 15.9 Å². The van der Waals surface area contributed by atoms with Gasteiger partial charge in [-0.25, -0.2) is 13.1 Å². The molecule has 0 saturated heterocycles. The van der Waals surface area contributed by atoms with E-state index >= 15 is 0 Å². The maximum Gasteiger partial charge on any atom is 0.273 e. The first kappa shape index (κ1) is 19.7. The fraction of sp³-hybridized carbons (Fsp3) is 0.235. The number of H-pyrrole nitrogens is 1. The summed E-state index contributed by atoms with van der Waals surface area (Å²) in [6, 6.07) is 12.1. The van der Waals surface area contributed by atoms with Gasteiger partial charge in [-0.1, -0.05) is 35.5 Å². The summed E-state index contributed by atoms with van der Waals surface area (Å²) in [4.78, 5) is 12.1. The first-order valence-electron chi connectivity index (χ1n) is 8.45. The van der Waals surface area contributed by atoms with E-state index in [1.807, 2.05) is 30.3 Å². The quantitative estimate of drug-likeness (QED) is 0.382. The monoisotopic (exact) mass is 405 g/mol. The number of aliphatic hydroxyl groups is 1. The number of amides is 1. The Balaban J connectivity index is 1.44. The van der Waals surface area contributed by atoms with Crippen LogP contribution in [0.5, 0.6) is 0 Å². The molecule has 0 bridgehead atoms. The van der Waals surface area contributed by atoms with E-state index in [0.717, 1.165) is 5.56 Å². The molecule has 0 spiro atoms. The minimum absolute atomic E-state index is 0.109. The summed E-state index contributed by atoms with van der Waals surface area (Å²) in [7, 11) is -3.77. The van der Waals surface area contributed by atoms with Gasteiger partial charge in [0.25, 0.3) is 15.9 Å². The van der Waals surface area contributed by atoms with E-state index in [4.69, 9.17) is 9.63 Å². The third-order valence-electron chi connectivity index (χ3n) is 3.79. The van der Waals surface area contributed by atoms with Gasteiger partial charge >= 0.3 is 0 Å². The molecule has 0 aliphatic heterocycles. The van der Waals surface area contributed by atoms with Crippen LogP contribution in [-0.2, 0) is 16.6 Å². The third kappa shape index (κ3) is 4.82. The van der Waals surface area contributed by atoms with Crippen LogP contribution in [0.4, 0.5) is 0 Å². The van der Waals surface area contributed by atoms with Crippen LogP contribution < -0.4 is 10.0 Å². The van der Waals surface area contributed by atoms with E-state index in [9.17, 15) is 13.2 Å². The highest BCUT2D eigenvalue weighted by atomic mass is 32.2. The summed E-state index contributed by atoms with van der Waals surface area (Å²) in [5, 5.41) is 21.2. The second-order valence-corrected chi connectivity index (χ2v) is 7.55. The molecular formula is C17H19N5O5S. The lowest BCUT2D eigenvalue weighted by atomic mass is 10.1. The van der Waals surface area contributed by atoms with Crippen molar-refractivity contribution in [2.24, 2.45) is 0 Å². The van der Waals surface area contributed by atoms with E-state index in [0.29, 0.717) is 17.9 Å². The summed E-state index contributed by atoms with van der Waals surface area (Å²) in [5.41, 5.74) is 1.26. The van der Waals surface area contributed by atoms with Gasteiger partial charge in [0.15, 0.2) is 16.5 Å². The fourth-order valence-electron chi connectivity index (χ4n) is 2.34. The number of hydrogen-bond acceptors (Lipinski definition) is 7. The predicted molar refractivity (Wildman–Crippen MR) is 98.6 cm³/mol. The maximum atomic E-state index is 12.1. The molecule has 0 fully saturated rings. The summed E-state index contributed by atoms with van der Waals surface area (Å²) in [6.07, 6.45) is 0.367. The Morgan fingerprint density at radius 1 is 1.18 bits per heavy atom. The van der Waals surface area contributed by atoms with Gasteiger partial charge in [0.05, 0.1) is 12.3 Å². The normalized spacial score (nSPS) is 11.5. The zero-order chi connectivity index (χ0) is 20.0. The topological polar surface area (TPSA) is 150 Å². The third-order valence-corrected chi connectivity index (χ3v) is 5.13. The Morgan fingerprint density at radius 2 is 1.96 bits per heavy atom. The number of nitrogens with zero attached hydrogens (tertiary/aromatic N) is 2. The fourth-order valence-corrected chi connectivity index (χ4v) is 3.37. The SMILES string of the molecule is O=C(NCCCNS(=O)(=O)c1cc(CO)[nH]n1)c1cc(-c2ccccc2)on1. The Morgan fingerprint density at radius 3 is 2.68 bits per heavy atom. The molecule has 0 aliphatic carbocycles. The van der Waals surface area contributed by atoms with Crippen molar-refractivity contribution in [3.63, 3.8) is 0 Å². The lowest BCUT2D eigenvalue weighted by Crippen LogP contribution is -2.30. The number of aromatic nitrogens is 3. The Bertz CT molecular complexity index is 1030. The zero-order valence-electron chi connectivity index (χ0n) is 14.8. The number of aromatic amines is 1. The van der Waals surface area contributed by atoms with Crippen molar-refractivity contribution in [2.45, 2.75) is 18.1 Å². The molecule has 3 aromatic rings. The predicted octanol–water partition coefficient (Wildman–Crippen LogP) is 0.655. The number of benzene rings is 1. The molecule has 3 rings (SSSR count). The lowest BCUT2D eigenvalue weighted by Gasteiger charge is -2.05. The van der Waals surface area contributed by atoms with E-state index in [1.54, 1.807) is 6.07 Å². The van der Waals surface area contributed by atoms with Crippen LogP contribution in [-0.4, -0.2) is 47.9 Å². The van der Waals surface area contributed by atoms with Gasteiger partial charge in [-0.2, -0.15) is 5.10 Å². The van der Waals surface area contributed by atoms with Gasteiger partial charge < -0.3 is 14.9 Å². The maximum absolute atomic E-state index is 12.1. The summed E-state index contributed by atoms with van der Waals surface area (Å²) < 4.78 is 31.6. The molecule has 148 valence electrons. The number of hydrogen-bond donors (Lipinski definition) is 4. The van der Waals surface area contributed by atoms with Crippen LogP contribution in [0.1, 0.15) is 22.6 Å². The molecule has 0 aliphatic rings. The van der Waals surface area contributed by atoms with Gasteiger partial charge in [0.2, 0.25) is 0 Å². The molecule has 11 heteroatoms. The molecular weight excluding hydrogens is 386 g/mol. The minimum atomic E-state index is -3.77. The van der Waals surface area contributed by atoms with Gasteiger partial charge in [-0.05, 0) is 6.42 Å². The highest BCUT2D eigenvalue weighted by molar-refractivity contribution is 7.89. The Kier molecular flexibility index (Phi) is 6.19. The van der Waals surface area contributed by atoms with Crippen molar-refractivity contribution in [1.29, 1.82) is 0 Å². The molecule has 28 heavy (non-hydrogen) atoms. The van der Waals surface area contributed by atoms with Gasteiger partial charge in [0, 0.05) is 30.8 Å². The highest BCUT2D eigenvalue weighted by Gasteiger charge is 2.17. The van der Waals surface area contributed by atoms with Crippen molar-refractivity contribution < 1.29 is 22.8 Å². The summed E-state index contributed by atoms with van der Waals surface area (Å²) >= 11 is 0. The first-order chi connectivity index (χ1) is 13.5. The second-order valence-electron chi connectivity index (χ2n) is 5.84. The number of sulfonamides is 1. The van der Waals surface area contributed by atoms with Gasteiger partial charge in [0.1, 0.15) is 0 Å². The minimum Gasteiger partial charge on any atom is -0.390 e. The van der Waals surface area contributed by atoms with Gasteiger partial charge in [-0.15, -0.1) is 0 Å². The molecule has 1 amide bonds. The number of carbonyl (C=O) groups is 1. The van der Waals surface area contributed by atoms with Crippen LogP contribution in [0.15, 0.2) is 52.0 Å². The van der Waals surface area contributed by atoms with Crippen molar-refractivity contribution in [3.8, 4) is 11.3 Å². The molecule has 4 N–H and O–H groups in total. The number of nitrogens with one attached hydrogen (secondary N) is 3. The molecule has 0 radical (unpaired) electrons. The van der Waals surface area contributed by atoms with E-state index in [1.165, 1.54) is 6.07 Å². The van der Waals surface area contributed by atoms with Crippen molar-refractivity contribution in [3.05, 3.63) is 53.9 Å². The van der Waals surface area contributed by atoms with Gasteiger partial charge in [-0.3, -0.25) is 9.89 Å². The molecule has 10 nitrogen and oxygen atoms in total. The van der Waals surface area contributed by atoms with E-state index in [-0.39, 0.29) is 30.4 Å². The van der Waals surface area contributed by atoms with Crippen LogP contribution in [0.2, 0.25) is 0 Å². The summed E-state index contributed by atoms with van der Waals surface area (Å²) in [5.74, 6) is 0.0773. The average Bonchev–Trinajstić information content (AvgIpc) is 3.38. The van der Waals surface area contributed by atoms with Crippen molar-refractivity contribution in [1.82, 2.24) is 25.4 Å². The molecule has 2 aromatic heterocycles. The molecule has 2 heterocycles. The van der Waals surface area contributed by atoms with Crippen LogP contribution in [0.3, 0.4) is 0 Å². The largest absolute Gasteiger partial charge is 0.390 e. The smallest absolute Gasteiger partial charge is 0.273 e. The van der Waals surface area contributed by atoms with Crippen molar-refractivity contribution in [2.75, 3.05) is 13.1 Å². The van der Waals surface area contributed by atoms with E-state index < -0.39 is 15.9 Å². The number of carbonyl (C=O) groups excluding carboxylic acids is 1. The molecule has 0 saturated carbocycles. The second kappa shape index (κ2) is 8.78.